The van der Waals surface area contributed by atoms with Crippen molar-refractivity contribution in [3.63, 3.8) is 0 Å². The van der Waals surface area contributed by atoms with E-state index in [0.717, 1.165) is 17.0 Å². The van der Waals surface area contributed by atoms with E-state index in [9.17, 15) is 0 Å². The van der Waals surface area contributed by atoms with Crippen molar-refractivity contribution in [1.29, 1.82) is 0 Å². The van der Waals surface area contributed by atoms with Gasteiger partial charge in [0.1, 0.15) is 11.5 Å². The van der Waals surface area contributed by atoms with Crippen molar-refractivity contribution in [3.8, 4) is 11.5 Å². The Bertz CT molecular complexity index is 468. The first-order chi connectivity index (χ1) is 7.79. The molecule has 0 atom stereocenters. The summed E-state index contributed by atoms with van der Waals surface area (Å²) in [5, 5.41) is 0. The Kier molecular flexibility index (Phi) is 3.12. The molecule has 0 aliphatic rings. The second kappa shape index (κ2) is 4.72. The summed E-state index contributed by atoms with van der Waals surface area (Å²) in [4.78, 5) is 8.16. The zero-order valence-corrected chi connectivity index (χ0v) is 9.05. The fourth-order valence-corrected chi connectivity index (χ4v) is 1.31. The zero-order valence-electron chi connectivity index (χ0n) is 9.05. The molecule has 2 heterocycles. The molecule has 16 heavy (non-hydrogen) atoms. The lowest BCUT2D eigenvalue weighted by molar-refractivity contribution is 0.473. The molecule has 0 aliphatic carbocycles. The third kappa shape index (κ3) is 2.35. The molecule has 0 saturated heterocycles. The fourth-order valence-electron chi connectivity index (χ4n) is 1.31. The van der Waals surface area contributed by atoms with Gasteiger partial charge >= 0.3 is 0 Å². The van der Waals surface area contributed by atoms with Gasteiger partial charge in [-0.05, 0) is 25.1 Å². The van der Waals surface area contributed by atoms with Crippen LogP contribution in [0.4, 0.5) is 0 Å². The van der Waals surface area contributed by atoms with E-state index in [1.807, 2.05) is 19.1 Å². The van der Waals surface area contributed by atoms with Crippen LogP contribution in [0.3, 0.4) is 0 Å². The van der Waals surface area contributed by atoms with Crippen molar-refractivity contribution in [1.82, 2.24) is 9.97 Å². The van der Waals surface area contributed by atoms with Gasteiger partial charge in [0, 0.05) is 30.2 Å². The molecule has 0 unspecified atom stereocenters. The monoisotopic (exact) mass is 215 g/mol. The maximum atomic E-state index is 5.67. The Morgan fingerprint density at radius 1 is 1.25 bits per heavy atom. The third-order valence-corrected chi connectivity index (χ3v) is 2.19. The molecule has 2 aromatic heterocycles. The second-order valence-corrected chi connectivity index (χ2v) is 3.42. The van der Waals surface area contributed by atoms with Gasteiger partial charge in [-0.1, -0.05) is 0 Å². The Morgan fingerprint density at radius 2 is 2.12 bits per heavy atom. The maximum Gasteiger partial charge on any atom is 0.145 e. The third-order valence-electron chi connectivity index (χ3n) is 2.19. The molecule has 4 heteroatoms. The van der Waals surface area contributed by atoms with E-state index in [4.69, 9.17) is 10.5 Å². The van der Waals surface area contributed by atoms with Gasteiger partial charge in [0.15, 0.2) is 0 Å². The van der Waals surface area contributed by atoms with Crippen molar-refractivity contribution < 1.29 is 4.74 Å². The molecule has 0 radical (unpaired) electrons. The average molecular weight is 215 g/mol. The zero-order chi connectivity index (χ0) is 11.4. The van der Waals surface area contributed by atoms with Crippen LogP contribution in [0.1, 0.15) is 11.3 Å². The van der Waals surface area contributed by atoms with Crippen LogP contribution in [0.2, 0.25) is 0 Å². The molecule has 4 nitrogen and oxygen atoms in total. The van der Waals surface area contributed by atoms with E-state index >= 15 is 0 Å². The van der Waals surface area contributed by atoms with E-state index in [2.05, 4.69) is 9.97 Å². The minimum atomic E-state index is 0.405. The molecule has 0 spiro atoms. The molecule has 0 amide bonds. The Morgan fingerprint density at radius 3 is 2.81 bits per heavy atom. The Balaban J connectivity index is 2.23. The summed E-state index contributed by atoms with van der Waals surface area (Å²) in [5.41, 5.74) is 7.43. The summed E-state index contributed by atoms with van der Waals surface area (Å²) in [6, 6.07) is 5.57. The number of hydrogen-bond acceptors (Lipinski definition) is 4. The predicted molar refractivity (Wildman–Crippen MR) is 61.2 cm³/mol. The Hall–Kier alpha value is -1.94. The molecule has 82 valence electrons. The number of nitrogens with zero attached hydrogens (tertiary/aromatic N) is 2. The molecule has 0 aromatic carbocycles. The molecular formula is C12H13N3O. The van der Waals surface area contributed by atoms with Crippen molar-refractivity contribution in [3.05, 3.63) is 48.0 Å². The van der Waals surface area contributed by atoms with Crippen LogP contribution in [0.25, 0.3) is 0 Å². The first kappa shape index (κ1) is 10.6. The van der Waals surface area contributed by atoms with Gasteiger partial charge < -0.3 is 10.5 Å². The van der Waals surface area contributed by atoms with Crippen LogP contribution in [-0.2, 0) is 6.54 Å². The summed E-state index contributed by atoms with van der Waals surface area (Å²) >= 11 is 0. The van der Waals surface area contributed by atoms with Crippen molar-refractivity contribution in [2.45, 2.75) is 13.5 Å². The van der Waals surface area contributed by atoms with Gasteiger partial charge in [0.2, 0.25) is 0 Å². The quantitative estimate of drug-likeness (QED) is 0.851. The summed E-state index contributed by atoms with van der Waals surface area (Å²) < 4.78 is 5.67. The number of aryl methyl sites for hydroxylation is 1. The number of hydrogen-bond donors (Lipinski definition) is 1. The van der Waals surface area contributed by atoms with Crippen molar-refractivity contribution >= 4 is 0 Å². The summed E-state index contributed by atoms with van der Waals surface area (Å²) in [6.07, 6.45) is 5.07. The molecule has 0 saturated carbocycles. The SMILES string of the molecule is Cc1ccc(Oc2ccncc2CN)cn1. The first-order valence-electron chi connectivity index (χ1n) is 5.03. The van der Waals surface area contributed by atoms with Crippen LogP contribution in [0, 0.1) is 6.92 Å². The molecule has 0 bridgehead atoms. The highest BCUT2D eigenvalue weighted by Gasteiger charge is 2.03. The molecule has 0 fully saturated rings. The van der Waals surface area contributed by atoms with Crippen molar-refractivity contribution in [2.75, 3.05) is 0 Å². The highest BCUT2D eigenvalue weighted by Crippen LogP contribution is 2.23. The first-order valence-corrected chi connectivity index (χ1v) is 5.03. The Labute approximate surface area is 94.1 Å². The molecule has 2 N–H and O–H groups in total. The number of nitrogens with two attached hydrogens (primary N) is 1. The van der Waals surface area contributed by atoms with Crippen LogP contribution < -0.4 is 10.5 Å². The van der Waals surface area contributed by atoms with Crippen LogP contribution >= 0.6 is 0 Å². The molecular weight excluding hydrogens is 202 g/mol. The van der Waals surface area contributed by atoms with E-state index in [1.54, 1.807) is 24.7 Å². The summed E-state index contributed by atoms with van der Waals surface area (Å²) in [6.45, 7) is 2.34. The smallest absolute Gasteiger partial charge is 0.145 e. The van der Waals surface area contributed by atoms with E-state index in [-0.39, 0.29) is 0 Å². The van der Waals surface area contributed by atoms with Gasteiger partial charge in [-0.3, -0.25) is 9.97 Å². The van der Waals surface area contributed by atoms with Crippen LogP contribution in [-0.4, -0.2) is 9.97 Å². The van der Waals surface area contributed by atoms with E-state index in [0.29, 0.717) is 12.3 Å². The van der Waals surface area contributed by atoms with Crippen LogP contribution in [0.5, 0.6) is 11.5 Å². The van der Waals surface area contributed by atoms with Crippen molar-refractivity contribution in [2.24, 2.45) is 5.73 Å². The molecule has 2 aromatic rings. The highest BCUT2D eigenvalue weighted by atomic mass is 16.5. The van der Waals surface area contributed by atoms with Gasteiger partial charge in [0.05, 0.1) is 6.20 Å². The minimum Gasteiger partial charge on any atom is -0.455 e. The summed E-state index contributed by atoms with van der Waals surface area (Å²) in [5.74, 6) is 1.43. The lowest BCUT2D eigenvalue weighted by atomic mass is 10.2. The lowest BCUT2D eigenvalue weighted by Crippen LogP contribution is -2.00. The number of ether oxygens (including phenoxy) is 1. The maximum absolute atomic E-state index is 5.67. The molecule has 0 aliphatic heterocycles. The van der Waals surface area contributed by atoms with Gasteiger partial charge in [-0.2, -0.15) is 0 Å². The number of aromatic nitrogens is 2. The standard InChI is InChI=1S/C12H13N3O/c1-9-2-3-11(8-15-9)16-12-4-5-14-7-10(12)6-13/h2-5,7-8H,6,13H2,1H3. The van der Waals surface area contributed by atoms with Crippen LogP contribution in [0.15, 0.2) is 36.8 Å². The average Bonchev–Trinajstić information content (AvgIpc) is 2.33. The van der Waals surface area contributed by atoms with Gasteiger partial charge in [0.25, 0.3) is 0 Å². The lowest BCUT2D eigenvalue weighted by Gasteiger charge is -2.08. The summed E-state index contributed by atoms with van der Waals surface area (Å²) in [7, 11) is 0. The number of rotatable bonds is 3. The van der Waals surface area contributed by atoms with Gasteiger partial charge in [-0.15, -0.1) is 0 Å². The fraction of sp³-hybridized carbons (Fsp3) is 0.167. The van der Waals surface area contributed by atoms with Gasteiger partial charge in [-0.25, -0.2) is 0 Å². The highest BCUT2D eigenvalue weighted by molar-refractivity contribution is 5.34. The number of pyridine rings is 2. The topological polar surface area (TPSA) is 61.0 Å². The second-order valence-electron chi connectivity index (χ2n) is 3.42. The molecule has 2 rings (SSSR count). The largest absolute Gasteiger partial charge is 0.455 e. The normalized spacial score (nSPS) is 10.1. The van der Waals surface area contributed by atoms with E-state index < -0.39 is 0 Å². The minimum absolute atomic E-state index is 0.405. The van der Waals surface area contributed by atoms with E-state index in [1.165, 1.54) is 0 Å². The predicted octanol–water partition coefficient (Wildman–Crippen LogP) is 2.04.